The van der Waals surface area contributed by atoms with Crippen LogP contribution in [0, 0.1) is 0 Å². The van der Waals surface area contributed by atoms with Crippen LogP contribution < -0.4 is 5.73 Å². The van der Waals surface area contributed by atoms with Gasteiger partial charge in [0, 0.05) is 0 Å². The standard InChI is InChI=1S/C18H15NO3/c19-18(22)17-15-6-4-12(9-13(15)5-7-16(17)21)8-11-2-1-3-14(20)10-11/h1-7,9-10,20-21H,8H2,(H2,19,22). The maximum Gasteiger partial charge on any atom is 0.253 e. The van der Waals surface area contributed by atoms with Gasteiger partial charge in [-0.1, -0.05) is 36.4 Å². The van der Waals surface area contributed by atoms with E-state index in [1.165, 1.54) is 6.07 Å². The van der Waals surface area contributed by atoms with Crippen LogP contribution in [0.1, 0.15) is 21.5 Å². The van der Waals surface area contributed by atoms with Crippen molar-refractivity contribution in [1.82, 2.24) is 0 Å². The summed E-state index contributed by atoms with van der Waals surface area (Å²) in [5, 5.41) is 20.8. The topological polar surface area (TPSA) is 83.6 Å². The van der Waals surface area contributed by atoms with E-state index < -0.39 is 5.91 Å². The molecule has 0 heterocycles. The van der Waals surface area contributed by atoms with Gasteiger partial charge in [0.05, 0.1) is 5.56 Å². The van der Waals surface area contributed by atoms with Gasteiger partial charge in [0.15, 0.2) is 0 Å². The van der Waals surface area contributed by atoms with E-state index in [2.05, 4.69) is 0 Å². The molecule has 4 N–H and O–H groups in total. The van der Waals surface area contributed by atoms with Crippen molar-refractivity contribution in [2.45, 2.75) is 6.42 Å². The lowest BCUT2D eigenvalue weighted by atomic mass is 9.98. The van der Waals surface area contributed by atoms with Gasteiger partial charge in [-0.05, 0) is 46.5 Å². The quantitative estimate of drug-likeness (QED) is 0.694. The number of nitrogens with two attached hydrogens (primary N) is 1. The first kappa shape index (κ1) is 13.9. The zero-order valence-electron chi connectivity index (χ0n) is 11.8. The van der Waals surface area contributed by atoms with E-state index >= 15 is 0 Å². The SMILES string of the molecule is NC(=O)c1c(O)ccc2cc(Cc3cccc(O)c3)ccc12. The lowest BCUT2D eigenvalue weighted by Crippen LogP contribution is -2.11. The monoisotopic (exact) mass is 293 g/mol. The summed E-state index contributed by atoms with van der Waals surface area (Å²) in [6.45, 7) is 0. The van der Waals surface area contributed by atoms with E-state index in [0.29, 0.717) is 11.8 Å². The van der Waals surface area contributed by atoms with Gasteiger partial charge in [0.2, 0.25) is 0 Å². The van der Waals surface area contributed by atoms with E-state index in [9.17, 15) is 15.0 Å². The molecule has 3 aromatic rings. The molecule has 0 fully saturated rings. The smallest absolute Gasteiger partial charge is 0.253 e. The molecule has 0 aliphatic rings. The summed E-state index contributed by atoms with van der Waals surface area (Å²) in [5.41, 5.74) is 7.51. The molecule has 0 bridgehead atoms. The Morgan fingerprint density at radius 2 is 1.73 bits per heavy atom. The Kier molecular flexibility index (Phi) is 3.43. The number of hydrogen-bond donors (Lipinski definition) is 3. The number of amides is 1. The van der Waals surface area contributed by atoms with Crippen LogP contribution in [-0.2, 0) is 6.42 Å². The minimum atomic E-state index is -0.649. The van der Waals surface area contributed by atoms with Crippen molar-refractivity contribution in [3.8, 4) is 11.5 Å². The number of aromatic hydroxyl groups is 2. The highest BCUT2D eigenvalue weighted by atomic mass is 16.3. The molecule has 0 radical (unpaired) electrons. The summed E-state index contributed by atoms with van der Waals surface area (Å²) < 4.78 is 0. The molecular formula is C18H15NO3. The molecule has 22 heavy (non-hydrogen) atoms. The molecule has 0 atom stereocenters. The van der Waals surface area contributed by atoms with E-state index in [4.69, 9.17) is 5.73 Å². The minimum Gasteiger partial charge on any atom is -0.508 e. The second kappa shape index (κ2) is 5.41. The zero-order valence-corrected chi connectivity index (χ0v) is 11.8. The number of primary amides is 1. The number of carbonyl (C=O) groups is 1. The van der Waals surface area contributed by atoms with Crippen LogP contribution in [0.3, 0.4) is 0 Å². The predicted molar refractivity (Wildman–Crippen MR) is 85.0 cm³/mol. The van der Waals surface area contributed by atoms with E-state index in [0.717, 1.165) is 16.5 Å². The van der Waals surface area contributed by atoms with Gasteiger partial charge in [-0.25, -0.2) is 0 Å². The fourth-order valence-electron chi connectivity index (χ4n) is 2.64. The Morgan fingerprint density at radius 3 is 2.45 bits per heavy atom. The van der Waals surface area contributed by atoms with E-state index in [1.54, 1.807) is 30.3 Å². The molecule has 0 aromatic heterocycles. The second-order valence-electron chi connectivity index (χ2n) is 5.23. The number of phenolic OH excluding ortho intramolecular Hbond substituents is 1. The molecule has 0 unspecified atom stereocenters. The van der Waals surface area contributed by atoms with Gasteiger partial charge < -0.3 is 15.9 Å². The number of rotatable bonds is 3. The largest absolute Gasteiger partial charge is 0.508 e. The summed E-state index contributed by atoms with van der Waals surface area (Å²) in [6.07, 6.45) is 0.664. The Labute approximate surface area is 127 Å². The summed E-state index contributed by atoms with van der Waals surface area (Å²) in [6, 6.07) is 15.9. The Balaban J connectivity index is 2.04. The lowest BCUT2D eigenvalue weighted by Gasteiger charge is -2.08. The highest BCUT2D eigenvalue weighted by Crippen LogP contribution is 2.28. The van der Waals surface area contributed by atoms with Crippen LogP contribution in [0.2, 0.25) is 0 Å². The van der Waals surface area contributed by atoms with Crippen LogP contribution >= 0.6 is 0 Å². The third kappa shape index (κ3) is 2.59. The molecule has 3 aromatic carbocycles. The van der Waals surface area contributed by atoms with Gasteiger partial charge in [-0.15, -0.1) is 0 Å². The van der Waals surface area contributed by atoms with Crippen LogP contribution in [-0.4, -0.2) is 16.1 Å². The van der Waals surface area contributed by atoms with Crippen molar-refractivity contribution in [3.05, 3.63) is 71.3 Å². The number of benzene rings is 3. The van der Waals surface area contributed by atoms with Gasteiger partial charge in [-0.2, -0.15) is 0 Å². The van der Waals surface area contributed by atoms with Crippen molar-refractivity contribution in [1.29, 1.82) is 0 Å². The van der Waals surface area contributed by atoms with Crippen molar-refractivity contribution < 1.29 is 15.0 Å². The molecule has 3 rings (SSSR count). The van der Waals surface area contributed by atoms with Crippen molar-refractivity contribution in [2.75, 3.05) is 0 Å². The van der Waals surface area contributed by atoms with E-state index in [1.807, 2.05) is 18.2 Å². The summed E-state index contributed by atoms with van der Waals surface area (Å²) in [5.74, 6) is -0.524. The third-order valence-electron chi connectivity index (χ3n) is 3.63. The molecule has 4 nitrogen and oxygen atoms in total. The number of phenols is 2. The van der Waals surface area contributed by atoms with Crippen LogP contribution in [0.15, 0.2) is 54.6 Å². The fraction of sp³-hybridized carbons (Fsp3) is 0.0556. The van der Waals surface area contributed by atoms with Gasteiger partial charge >= 0.3 is 0 Å². The Morgan fingerprint density at radius 1 is 0.955 bits per heavy atom. The Bertz CT molecular complexity index is 871. The van der Waals surface area contributed by atoms with E-state index in [-0.39, 0.29) is 17.1 Å². The third-order valence-corrected chi connectivity index (χ3v) is 3.63. The van der Waals surface area contributed by atoms with Gasteiger partial charge in [0.25, 0.3) is 5.91 Å². The summed E-state index contributed by atoms with van der Waals surface area (Å²) >= 11 is 0. The van der Waals surface area contributed by atoms with Crippen LogP contribution in [0.5, 0.6) is 11.5 Å². The average molecular weight is 293 g/mol. The highest BCUT2D eigenvalue weighted by molar-refractivity contribution is 6.08. The lowest BCUT2D eigenvalue weighted by molar-refractivity contribution is 0.0999. The van der Waals surface area contributed by atoms with Crippen molar-refractivity contribution >= 4 is 16.7 Å². The Hall–Kier alpha value is -3.01. The first-order chi connectivity index (χ1) is 10.5. The van der Waals surface area contributed by atoms with Gasteiger partial charge in [0.1, 0.15) is 11.5 Å². The second-order valence-corrected chi connectivity index (χ2v) is 5.23. The minimum absolute atomic E-state index is 0.110. The molecule has 0 saturated heterocycles. The summed E-state index contributed by atoms with van der Waals surface area (Å²) in [7, 11) is 0. The van der Waals surface area contributed by atoms with Gasteiger partial charge in [-0.3, -0.25) is 4.79 Å². The number of carbonyl (C=O) groups excluding carboxylic acids is 1. The number of fused-ring (bicyclic) bond motifs is 1. The first-order valence-electron chi connectivity index (χ1n) is 6.87. The number of hydrogen-bond acceptors (Lipinski definition) is 3. The fourth-order valence-corrected chi connectivity index (χ4v) is 2.64. The summed E-state index contributed by atoms with van der Waals surface area (Å²) in [4.78, 5) is 11.5. The molecule has 0 aliphatic heterocycles. The maximum atomic E-state index is 11.5. The molecule has 4 heteroatoms. The maximum absolute atomic E-state index is 11.5. The van der Waals surface area contributed by atoms with Crippen LogP contribution in [0.4, 0.5) is 0 Å². The molecular weight excluding hydrogens is 278 g/mol. The normalized spacial score (nSPS) is 10.7. The zero-order chi connectivity index (χ0) is 15.7. The molecule has 0 aliphatic carbocycles. The average Bonchev–Trinajstić information content (AvgIpc) is 2.47. The van der Waals surface area contributed by atoms with Crippen molar-refractivity contribution in [3.63, 3.8) is 0 Å². The molecule has 1 amide bonds. The molecule has 0 spiro atoms. The van der Waals surface area contributed by atoms with Crippen LogP contribution in [0.25, 0.3) is 10.8 Å². The first-order valence-corrected chi connectivity index (χ1v) is 6.87. The predicted octanol–water partition coefficient (Wildman–Crippen LogP) is 2.94. The molecule has 110 valence electrons. The van der Waals surface area contributed by atoms with Crippen molar-refractivity contribution in [2.24, 2.45) is 5.73 Å². The highest BCUT2D eigenvalue weighted by Gasteiger charge is 2.12. The molecule has 0 saturated carbocycles.